The zero-order valence-electron chi connectivity index (χ0n) is 12.2. The molecule has 1 unspecified atom stereocenters. The third kappa shape index (κ3) is 3.78. The fourth-order valence-corrected chi connectivity index (χ4v) is 3.40. The lowest BCUT2D eigenvalue weighted by Crippen LogP contribution is -2.44. The molecule has 1 atom stereocenters. The van der Waals surface area contributed by atoms with Crippen LogP contribution in [0.15, 0.2) is 0 Å². The fraction of sp³-hybridized carbons (Fsp3) is 0.786. The minimum Gasteiger partial charge on any atom is -0.303 e. The van der Waals surface area contributed by atoms with Crippen LogP contribution in [-0.2, 0) is 5.54 Å². The predicted octanol–water partition coefficient (Wildman–Crippen LogP) is 4.02. The molecule has 3 heteroatoms. The molecular weight excluding hydrogens is 228 g/mol. The lowest BCUT2D eigenvalue weighted by Gasteiger charge is -2.32. The Morgan fingerprint density at radius 2 is 1.82 bits per heavy atom. The summed E-state index contributed by atoms with van der Waals surface area (Å²) in [6.07, 6.45) is 1.12. The standard InChI is InChI=1S/C14H26N2S/c1-9(2)8-14(7,16-10(3)4)13-15-11(5)12(6)17-13/h9-10,16H,8H2,1-7H3. The van der Waals surface area contributed by atoms with Gasteiger partial charge in [0.05, 0.1) is 11.2 Å². The van der Waals surface area contributed by atoms with Gasteiger partial charge in [-0.1, -0.05) is 13.8 Å². The highest BCUT2D eigenvalue weighted by Gasteiger charge is 2.31. The first kappa shape index (κ1) is 14.7. The molecule has 0 aliphatic carbocycles. The van der Waals surface area contributed by atoms with E-state index >= 15 is 0 Å². The molecule has 1 N–H and O–H groups in total. The van der Waals surface area contributed by atoms with Gasteiger partial charge >= 0.3 is 0 Å². The average Bonchev–Trinajstić information content (AvgIpc) is 2.44. The van der Waals surface area contributed by atoms with Crippen molar-refractivity contribution in [2.75, 3.05) is 0 Å². The Hall–Kier alpha value is -0.410. The molecule has 1 aromatic heterocycles. The van der Waals surface area contributed by atoms with E-state index in [0.29, 0.717) is 12.0 Å². The summed E-state index contributed by atoms with van der Waals surface area (Å²) >= 11 is 1.83. The van der Waals surface area contributed by atoms with Crippen LogP contribution < -0.4 is 5.32 Å². The second-order valence-electron chi connectivity index (χ2n) is 5.89. The summed E-state index contributed by atoms with van der Waals surface area (Å²) in [5.74, 6) is 0.663. The lowest BCUT2D eigenvalue weighted by atomic mass is 9.90. The molecule has 0 aromatic carbocycles. The minimum absolute atomic E-state index is 0.00597. The Labute approximate surface area is 110 Å². The van der Waals surface area contributed by atoms with Crippen LogP contribution in [0.3, 0.4) is 0 Å². The van der Waals surface area contributed by atoms with E-state index in [4.69, 9.17) is 4.98 Å². The van der Waals surface area contributed by atoms with Gasteiger partial charge in [0.15, 0.2) is 0 Å². The average molecular weight is 254 g/mol. The summed E-state index contributed by atoms with van der Waals surface area (Å²) in [6.45, 7) is 15.5. The topological polar surface area (TPSA) is 24.9 Å². The molecule has 0 bridgehead atoms. The largest absolute Gasteiger partial charge is 0.303 e. The number of nitrogens with zero attached hydrogens (tertiary/aromatic N) is 1. The summed E-state index contributed by atoms with van der Waals surface area (Å²) in [4.78, 5) is 6.08. The highest BCUT2D eigenvalue weighted by molar-refractivity contribution is 7.11. The first-order chi connectivity index (χ1) is 7.74. The number of nitrogens with one attached hydrogen (secondary N) is 1. The maximum absolute atomic E-state index is 4.74. The van der Waals surface area contributed by atoms with Gasteiger partial charge in [0, 0.05) is 10.9 Å². The monoisotopic (exact) mass is 254 g/mol. The van der Waals surface area contributed by atoms with E-state index in [-0.39, 0.29) is 5.54 Å². The van der Waals surface area contributed by atoms with Gasteiger partial charge in [-0.2, -0.15) is 0 Å². The predicted molar refractivity (Wildman–Crippen MR) is 76.7 cm³/mol. The van der Waals surface area contributed by atoms with Crippen LogP contribution in [-0.4, -0.2) is 11.0 Å². The Morgan fingerprint density at radius 1 is 1.24 bits per heavy atom. The van der Waals surface area contributed by atoms with Crippen LogP contribution in [0, 0.1) is 19.8 Å². The van der Waals surface area contributed by atoms with Crippen molar-refractivity contribution in [3.63, 3.8) is 0 Å². The van der Waals surface area contributed by atoms with E-state index < -0.39 is 0 Å². The molecule has 0 fully saturated rings. The second-order valence-corrected chi connectivity index (χ2v) is 7.09. The summed E-state index contributed by atoms with van der Waals surface area (Å²) in [7, 11) is 0. The highest BCUT2D eigenvalue weighted by atomic mass is 32.1. The van der Waals surface area contributed by atoms with Crippen molar-refractivity contribution < 1.29 is 0 Å². The maximum Gasteiger partial charge on any atom is 0.113 e. The molecule has 1 aromatic rings. The van der Waals surface area contributed by atoms with Crippen LogP contribution in [0.1, 0.15) is 56.6 Å². The van der Waals surface area contributed by atoms with E-state index in [0.717, 1.165) is 6.42 Å². The molecule has 0 aliphatic rings. The van der Waals surface area contributed by atoms with Gasteiger partial charge in [-0.3, -0.25) is 0 Å². The number of aryl methyl sites for hydroxylation is 2. The molecule has 98 valence electrons. The summed E-state index contributed by atoms with van der Waals surface area (Å²) < 4.78 is 0. The van der Waals surface area contributed by atoms with Gasteiger partial charge in [-0.05, 0) is 47.0 Å². The zero-order valence-corrected chi connectivity index (χ0v) is 13.0. The number of rotatable bonds is 5. The Morgan fingerprint density at radius 3 is 2.18 bits per heavy atom. The number of thiazole rings is 1. The van der Waals surface area contributed by atoms with Crippen molar-refractivity contribution >= 4 is 11.3 Å². The van der Waals surface area contributed by atoms with E-state index in [9.17, 15) is 0 Å². The van der Waals surface area contributed by atoms with Crippen LogP contribution in [0.25, 0.3) is 0 Å². The highest BCUT2D eigenvalue weighted by Crippen LogP contribution is 2.33. The van der Waals surface area contributed by atoms with Crippen molar-refractivity contribution in [2.24, 2.45) is 5.92 Å². The molecular formula is C14H26N2S. The smallest absolute Gasteiger partial charge is 0.113 e. The molecule has 0 amide bonds. The van der Waals surface area contributed by atoms with E-state index in [1.165, 1.54) is 15.6 Å². The van der Waals surface area contributed by atoms with Crippen molar-refractivity contribution in [2.45, 2.75) is 66.5 Å². The van der Waals surface area contributed by atoms with Crippen LogP contribution in [0.5, 0.6) is 0 Å². The molecule has 17 heavy (non-hydrogen) atoms. The molecule has 0 saturated heterocycles. The molecule has 0 spiro atoms. The Kier molecular flexibility index (Phi) is 4.73. The van der Waals surface area contributed by atoms with Crippen LogP contribution in [0.2, 0.25) is 0 Å². The first-order valence-electron chi connectivity index (χ1n) is 6.47. The number of aromatic nitrogens is 1. The van der Waals surface area contributed by atoms with Crippen molar-refractivity contribution in [3.8, 4) is 0 Å². The van der Waals surface area contributed by atoms with Crippen molar-refractivity contribution in [3.05, 3.63) is 15.6 Å². The lowest BCUT2D eigenvalue weighted by molar-refractivity contribution is 0.275. The van der Waals surface area contributed by atoms with Gasteiger partial charge in [0.1, 0.15) is 5.01 Å². The SMILES string of the molecule is Cc1nc(C(C)(CC(C)C)NC(C)C)sc1C. The zero-order chi connectivity index (χ0) is 13.2. The fourth-order valence-electron chi connectivity index (χ4n) is 2.37. The molecule has 0 radical (unpaired) electrons. The van der Waals surface area contributed by atoms with E-state index in [1.807, 2.05) is 11.3 Å². The molecule has 0 saturated carbocycles. The number of hydrogen-bond acceptors (Lipinski definition) is 3. The van der Waals surface area contributed by atoms with Gasteiger partial charge in [-0.15, -0.1) is 11.3 Å². The molecule has 1 rings (SSSR count). The quantitative estimate of drug-likeness (QED) is 0.858. The van der Waals surface area contributed by atoms with Gasteiger partial charge in [0.2, 0.25) is 0 Å². The summed E-state index contributed by atoms with van der Waals surface area (Å²) in [5, 5.41) is 4.92. The van der Waals surface area contributed by atoms with Crippen molar-refractivity contribution in [1.29, 1.82) is 0 Å². The van der Waals surface area contributed by atoms with Gasteiger partial charge < -0.3 is 5.32 Å². The second kappa shape index (κ2) is 5.49. The third-order valence-electron chi connectivity index (χ3n) is 2.92. The van der Waals surface area contributed by atoms with Gasteiger partial charge in [0.25, 0.3) is 0 Å². The van der Waals surface area contributed by atoms with Crippen molar-refractivity contribution in [1.82, 2.24) is 10.3 Å². The van der Waals surface area contributed by atoms with Crippen LogP contribution >= 0.6 is 11.3 Å². The van der Waals surface area contributed by atoms with Gasteiger partial charge in [-0.25, -0.2) is 4.98 Å². The third-order valence-corrected chi connectivity index (χ3v) is 4.26. The molecule has 2 nitrogen and oxygen atoms in total. The maximum atomic E-state index is 4.74. The van der Waals surface area contributed by atoms with E-state index in [2.05, 4.69) is 53.8 Å². The normalized spacial score (nSPS) is 15.6. The Balaban J connectivity index is 3.04. The minimum atomic E-state index is 0.00597. The number of hydrogen-bond donors (Lipinski definition) is 1. The summed E-state index contributed by atoms with van der Waals surface area (Å²) in [6, 6.07) is 0.475. The first-order valence-corrected chi connectivity index (χ1v) is 7.28. The van der Waals surface area contributed by atoms with E-state index in [1.54, 1.807) is 0 Å². The molecule has 0 aliphatic heterocycles. The van der Waals surface area contributed by atoms with Crippen LogP contribution in [0.4, 0.5) is 0 Å². The molecule has 1 heterocycles. The Bertz CT molecular complexity index is 337. The summed E-state index contributed by atoms with van der Waals surface area (Å²) in [5.41, 5.74) is 1.18.